The van der Waals surface area contributed by atoms with Crippen LogP contribution in [0.2, 0.25) is 0 Å². The number of rotatable bonds is 3. The average Bonchev–Trinajstić information content (AvgIpc) is 2.84. The van der Waals surface area contributed by atoms with E-state index in [1.54, 1.807) is 48.3 Å². The van der Waals surface area contributed by atoms with Crippen LogP contribution >= 0.6 is 0 Å². The second-order valence-electron chi connectivity index (χ2n) is 8.52. The van der Waals surface area contributed by atoms with Crippen LogP contribution in [-0.2, 0) is 16.0 Å². The number of nitro groups is 1. The van der Waals surface area contributed by atoms with Gasteiger partial charge in [-0.1, -0.05) is 30.3 Å². The van der Waals surface area contributed by atoms with Gasteiger partial charge in [-0.15, -0.1) is 0 Å². The third kappa shape index (κ3) is 3.33. The van der Waals surface area contributed by atoms with E-state index in [9.17, 15) is 28.9 Å². The van der Waals surface area contributed by atoms with Crippen LogP contribution in [-0.4, -0.2) is 29.8 Å². The van der Waals surface area contributed by atoms with Gasteiger partial charge in [0.2, 0.25) is 5.91 Å². The van der Waals surface area contributed by atoms with Crippen molar-refractivity contribution in [3.8, 4) is 0 Å². The number of imide groups is 2. The lowest BCUT2D eigenvalue weighted by Crippen LogP contribution is -2.69. The topological polar surface area (TPSA) is 113 Å². The fourth-order valence-electron chi connectivity index (χ4n) is 5.06. The molecule has 0 aromatic heterocycles. The monoisotopic (exact) mass is 474 g/mol. The number of non-ortho nitro benzene ring substituents is 1. The SMILES string of the molecule is CN1c2ccc([N+](=O)[O-])cc2C[C@@]2(C(=O)NC(=O)N(c3ccc(F)cc3)C2=O)[C@H]1c1ccccc1. The van der Waals surface area contributed by atoms with Gasteiger partial charge in [0.15, 0.2) is 5.41 Å². The Balaban J connectivity index is 1.74. The molecule has 3 aromatic rings. The van der Waals surface area contributed by atoms with Gasteiger partial charge in [-0.2, -0.15) is 0 Å². The normalized spacial score (nSPS) is 21.7. The summed E-state index contributed by atoms with van der Waals surface area (Å²) in [6.07, 6.45) is -0.177. The number of fused-ring (bicyclic) bond motifs is 1. The molecule has 35 heavy (non-hydrogen) atoms. The largest absolute Gasteiger partial charge is 0.366 e. The predicted octanol–water partition coefficient (Wildman–Crippen LogP) is 3.74. The summed E-state index contributed by atoms with van der Waals surface area (Å²) in [5, 5.41) is 13.7. The maximum Gasteiger partial charge on any atom is 0.335 e. The first-order chi connectivity index (χ1) is 16.7. The number of nitro benzene ring substituents is 1. The molecule has 0 aliphatic carbocycles. The summed E-state index contributed by atoms with van der Waals surface area (Å²) in [4.78, 5) is 54.0. The highest BCUT2D eigenvalue weighted by Crippen LogP contribution is 2.52. The van der Waals surface area contributed by atoms with E-state index in [0.29, 0.717) is 16.8 Å². The number of carbonyl (C=O) groups excluding carboxylic acids is 3. The van der Waals surface area contributed by atoms with Gasteiger partial charge in [-0.25, -0.2) is 14.1 Å². The quantitative estimate of drug-likeness (QED) is 0.352. The number of nitrogens with one attached hydrogen (secondary N) is 1. The zero-order chi connectivity index (χ0) is 24.9. The Labute approximate surface area is 198 Å². The van der Waals surface area contributed by atoms with Crippen molar-refractivity contribution in [2.45, 2.75) is 12.5 Å². The maximum absolute atomic E-state index is 14.2. The first kappa shape index (κ1) is 22.2. The number of halogens is 1. The summed E-state index contributed by atoms with van der Waals surface area (Å²) >= 11 is 0. The number of amides is 4. The minimum atomic E-state index is -1.83. The molecule has 0 radical (unpaired) electrons. The summed E-state index contributed by atoms with van der Waals surface area (Å²) in [6.45, 7) is 0. The molecule has 9 nitrogen and oxygen atoms in total. The molecule has 0 unspecified atom stereocenters. The molecule has 176 valence electrons. The van der Waals surface area contributed by atoms with E-state index >= 15 is 0 Å². The molecule has 3 aromatic carbocycles. The standard InChI is InChI=1S/C25H19FN4O5/c1-28-20-12-11-19(30(34)35)13-16(20)14-25(21(28)15-5-3-2-4-6-15)22(31)27-24(33)29(23(25)32)18-9-7-17(26)8-10-18/h2-13,21H,14H2,1H3,(H,27,31,33)/t21-,25+/m1/s1. The first-order valence-corrected chi connectivity index (χ1v) is 10.7. The molecule has 0 saturated carbocycles. The van der Waals surface area contributed by atoms with Crippen molar-refractivity contribution < 1.29 is 23.7 Å². The van der Waals surface area contributed by atoms with Crippen molar-refractivity contribution in [2.24, 2.45) is 5.41 Å². The average molecular weight is 474 g/mol. The summed E-state index contributed by atoms with van der Waals surface area (Å²) < 4.78 is 13.5. The third-order valence-electron chi connectivity index (χ3n) is 6.59. The van der Waals surface area contributed by atoms with Crippen molar-refractivity contribution in [3.63, 3.8) is 0 Å². The number of carbonyl (C=O) groups is 3. The van der Waals surface area contributed by atoms with Crippen LogP contribution < -0.4 is 15.1 Å². The number of nitrogens with zero attached hydrogens (tertiary/aromatic N) is 3. The first-order valence-electron chi connectivity index (χ1n) is 10.7. The van der Waals surface area contributed by atoms with Crippen molar-refractivity contribution >= 4 is 34.9 Å². The molecule has 2 heterocycles. The fourth-order valence-corrected chi connectivity index (χ4v) is 5.06. The van der Waals surface area contributed by atoms with Crippen LogP contribution in [0.25, 0.3) is 0 Å². The lowest BCUT2D eigenvalue weighted by Gasteiger charge is -2.50. The molecular weight excluding hydrogens is 455 g/mol. The number of benzene rings is 3. The smallest absolute Gasteiger partial charge is 0.335 e. The molecule has 2 atom stereocenters. The van der Waals surface area contributed by atoms with Crippen molar-refractivity contribution in [2.75, 3.05) is 16.8 Å². The molecule has 2 aliphatic heterocycles. The van der Waals surface area contributed by atoms with Crippen LogP contribution in [0.5, 0.6) is 0 Å². The van der Waals surface area contributed by atoms with Crippen LogP contribution in [0.4, 0.5) is 26.2 Å². The van der Waals surface area contributed by atoms with E-state index in [0.717, 1.165) is 17.0 Å². The second-order valence-corrected chi connectivity index (χ2v) is 8.52. The molecule has 5 rings (SSSR count). The van der Waals surface area contributed by atoms with Gasteiger partial charge in [-0.05, 0) is 41.5 Å². The summed E-state index contributed by atoms with van der Waals surface area (Å²) in [6, 6.07) is 16.2. The molecule has 1 fully saturated rings. The Morgan fingerprint density at radius 1 is 1.03 bits per heavy atom. The van der Waals surface area contributed by atoms with Gasteiger partial charge < -0.3 is 4.90 Å². The minimum absolute atomic E-state index is 0.0973. The molecule has 1 N–H and O–H groups in total. The highest BCUT2D eigenvalue weighted by atomic mass is 19.1. The molecule has 4 amide bonds. The van der Waals surface area contributed by atoms with Crippen molar-refractivity contribution in [1.82, 2.24) is 5.32 Å². The zero-order valence-corrected chi connectivity index (χ0v) is 18.5. The zero-order valence-electron chi connectivity index (χ0n) is 18.5. The van der Waals surface area contributed by atoms with Gasteiger partial charge in [-0.3, -0.25) is 25.0 Å². The van der Waals surface area contributed by atoms with Gasteiger partial charge in [0.25, 0.3) is 11.6 Å². The molecule has 1 saturated heterocycles. The number of urea groups is 1. The number of anilines is 2. The Morgan fingerprint density at radius 3 is 2.37 bits per heavy atom. The Morgan fingerprint density at radius 2 is 1.71 bits per heavy atom. The van der Waals surface area contributed by atoms with Gasteiger partial charge >= 0.3 is 6.03 Å². The number of barbiturate groups is 1. The second kappa shape index (κ2) is 8.01. The van der Waals surface area contributed by atoms with E-state index in [4.69, 9.17) is 0 Å². The molecule has 0 bridgehead atoms. The number of hydrogen-bond donors (Lipinski definition) is 1. The maximum atomic E-state index is 14.2. The van der Waals surface area contributed by atoms with Crippen LogP contribution in [0, 0.1) is 21.3 Å². The lowest BCUT2D eigenvalue weighted by atomic mass is 9.66. The Hall–Kier alpha value is -4.60. The summed E-state index contributed by atoms with van der Waals surface area (Å²) in [7, 11) is 1.70. The highest BCUT2D eigenvalue weighted by Gasteiger charge is 2.62. The Kier molecular flexibility index (Phi) is 5.08. The molecule has 1 spiro atoms. The third-order valence-corrected chi connectivity index (χ3v) is 6.59. The van der Waals surface area contributed by atoms with E-state index in [1.807, 2.05) is 0 Å². The van der Waals surface area contributed by atoms with Gasteiger partial charge in [0, 0.05) is 31.3 Å². The van der Waals surface area contributed by atoms with Crippen molar-refractivity contribution in [1.29, 1.82) is 0 Å². The van der Waals surface area contributed by atoms with Crippen LogP contribution in [0.15, 0.2) is 72.8 Å². The summed E-state index contributed by atoms with van der Waals surface area (Å²) in [5.74, 6) is -2.15. The van der Waals surface area contributed by atoms with E-state index in [2.05, 4.69) is 5.32 Å². The predicted molar refractivity (Wildman–Crippen MR) is 124 cm³/mol. The highest BCUT2D eigenvalue weighted by molar-refractivity contribution is 6.30. The molecular formula is C25H19FN4O5. The van der Waals surface area contributed by atoms with E-state index < -0.39 is 40.0 Å². The van der Waals surface area contributed by atoms with Crippen LogP contribution in [0.3, 0.4) is 0 Å². The van der Waals surface area contributed by atoms with E-state index in [-0.39, 0.29) is 17.8 Å². The van der Waals surface area contributed by atoms with Gasteiger partial charge in [0.05, 0.1) is 16.7 Å². The van der Waals surface area contributed by atoms with Crippen LogP contribution in [0.1, 0.15) is 17.2 Å². The Bertz CT molecular complexity index is 1380. The minimum Gasteiger partial charge on any atom is -0.366 e. The summed E-state index contributed by atoms with van der Waals surface area (Å²) in [5.41, 5.74) is -0.219. The fraction of sp³-hybridized carbons (Fsp3) is 0.160. The van der Waals surface area contributed by atoms with E-state index in [1.165, 1.54) is 24.3 Å². The molecule has 2 aliphatic rings. The number of hydrogen-bond acceptors (Lipinski definition) is 6. The lowest BCUT2D eigenvalue weighted by molar-refractivity contribution is -0.384. The molecule has 10 heteroatoms. The van der Waals surface area contributed by atoms with Crippen molar-refractivity contribution in [3.05, 3.63) is 99.9 Å². The van der Waals surface area contributed by atoms with Gasteiger partial charge in [0.1, 0.15) is 5.82 Å².